The Balaban J connectivity index is 2.14. The third-order valence-electron chi connectivity index (χ3n) is 3.59. The van der Waals surface area contributed by atoms with Crippen molar-refractivity contribution in [2.75, 3.05) is 0 Å². The topological polar surface area (TPSA) is 56.5 Å². The Morgan fingerprint density at radius 2 is 1.78 bits per heavy atom. The van der Waals surface area contributed by atoms with Crippen LogP contribution in [0.5, 0.6) is 0 Å². The number of esters is 1. The summed E-state index contributed by atoms with van der Waals surface area (Å²) in [6.07, 6.45) is -0.535. The molecule has 0 radical (unpaired) electrons. The van der Waals surface area contributed by atoms with Crippen molar-refractivity contribution in [3.63, 3.8) is 0 Å². The Morgan fingerprint density at radius 1 is 1.09 bits per heavy atom. The molecule has 0 aliphatic heterocycles. The smallest absolute Gasteiger partial charge is 0.343 e. The first-order valence-corrected chi connectivity index (χ1v) is 7.46. The molecule has 2 aromatic carbocycles. The number of carbonyl (C=O) groups excluding carboxylic acids is 1. The van der Waals surface area contributed by atoms with Gasteiger partial charge in [0.2, 0.25) is 0 Å². The molecular formula is C19H16O4. The van der Waals surface area contributed by atoms with Crippen molar-refractivity contribution in [3.8, 4) is 0 Å². The number of fused-ring (bicyclic) bond motifs is 1. The monoisotopic (exact) mass is 308 g/mol. The largest absolute Gasteiger partial charge is 0.452 e. The average Bonchev–Trinajstić information content (AvgIpc) is 2.60. The van der Waals surface area contributed by atoms with E-state index in [1.54, 1.807) is 25.1 Å². The second kappa shape index (κ2) is 6.48. The van der Waals surface area contributed by atoms with Crippen LogP contribution in [0.25, 0.3) is 11.0 Å². The molecule has 0 aliphatic rings. The van der Waals surface area contributed by atoms with E-state index in [1.165, 1.54) is 0 Å². The predicted octanol–water partition coefficient (Wildman–Crippen LogP) is 3.84. The minimum Gasteiger partial charge on any atom is -0.452 e. The van der Waals surface area contributed by atoms with Crippen LogP contribution in [-0.2, 0) is 9.53 Å². The molecule has 0 saturated carbocycles. The number of ether oxygens (including phenoxy) is 1. The van der Waals surface area contributed by atoms with Crippen molar-refractivity contribution < 1.29 is 13.9 Å². The highest BCUT2D eigenvalue weighted by atomic mass is 16.5. The molecule has 0 spiro atoms. The van der Waals surface area contributed by atoms with Crippen molar-refractivity contribution in [1.29, 1.82) is 0 Å². The van der Waals surface area contributed by atoms with Crippen molar-refractivity contribution in [3.05, 3.63) is 82.2 Å². The van der Waals surface area contributed by atoms with Crippen molar-refractivity contribution >= 4 is 16.9 Å². The molecule has 3 rings (SSSR count). The van der Waals surface area contributed by atoms with Crippen LogP contribution in [0.3, 0.4) is 0 Å². The van der Waals surface area contributed by atoms with Crippen LogP contribution >= 0.6 is 0 Å². The molecule has 1 heterocycles. The van der Waals surface area contributed by atoms with Gasteiger partial charge in [0.25, 0.3) is 0 Å². The van der Waals surface area contributed by atoms with Gasteiger partial charge < -0.3 is 9.15 Å². The van der Waals surface area contributed by atoms with Crippen molar-refractivity contribution in [2.24, 2.45) is 0 Å². The summed E-state index contributed by atoms with van der Waals surface area (Å²) >= 11 is 0. The molecule has 23 heavy (non-hydrogen) atoms. The summed E-state index contributed by atoms with van der Waals surface area (Å²) in [6, 6.07) is 18.2. The summed E-state index contributed by atoms with van der Waals surface area (Å²) in [7, 11) is 0. The Morgan fingerprint density at radius 3 is 2.52 bits per heavy atom. The first-order chi connectivity index (χ1) is 11.2. The number of para-hydroxylation sites is 1. The van der Waals surface area contributed by atoms with Crippen molar-refractivity contribution in [2.45, 2.75) is 19.4 Å². The van der Waals surface area contributed by atoms with Gasteiger partial charge in [-0.2, -0.15) is 0 Å². The summed E-state index contributed by atoms with van der Waals surface area (Å²) in [5.74, 6) is -0.369. The zero-order chi connectivity index (χ0) is 16.2. The molecule has 4 heteroatoms. The molecule has 116 valence electrons. The fourth-order valence-electron chi connectivity index (χ4n) is 2.41. The lowest BCUT2D eigenvalue weighted by atomic mass is 10.0. The molecule has 3 aromatic rings. The van der Waals surface area contributed by atoms with Gasteiger partial charge >= 0.3 is 11.6 Å². The molecule has 0 N–H and O–H groups in total. The SMILES string of the molecule is CCC(=O)OC(c1ccccc1)c1cc2ccccc2oc1=O. The lowest BCUT2D eigenvalue weighted by Crippen LogP contribution is -2.19. The van der Waals surface area contributed by atoms with Gasteiger partial charge in [-0.25, -0.2) is 4.79 Å². The molecule has 0 amide bonds. The maximum atomic E-state index is 12.4. The lowest BCUT2D eigenvalue weighted by Gasteiger charge is -2.17. The van der Waals surface area contributed by atoms with E-state index >= 15 is 0 Å². The number of carbonyl (C=O) groups is 1. The highest BCUT2D eigenvalue weighted by Crippen LogP contribution is 2.26. The van der Waals surface area contributed by atoms with Crippen LogP contribution in [0.2, 0.25) is 0 Å². The Bertz CT molecular complexity index is 881. The Hall–Kier alpha value is -2.88. The number of hydrogen-bond donors (Lipinski definition) is 0. The Labute approximate surface area is 133 Å². The van der Waals surface area contributed by atoms with Crippen LogP contribution in [0, 0.1) is 0 Å². The normalized spacial score (nSPS) is 12.0. The minimum atomic E-state index is -0.774. The van der Waals surface area contributed by atoms with Crippen LogP contribution in [-0.4, -0.2) is 5.97 Å². The van der Waals surface area contributed by atoms with Gasteiger partial charge in [0.05, 0.1) is 5.56 Å². The predicted molar refractivity (Wildman–Crippen MR) is 87.2 cm³/mol. The molecule has 1 atom stereocenters. The van der Waals surface area contributed by atoms with E-state index in [0.29, 0.717) is 11.1 Å². The van der Waals surface area contributed by atoms with Crippen LogP contribution in [0.4, 0.5) is 0 Å². The Kier molecular flexibility index (Phi) is 4.24. The van der Waals surface area contributed by atoms with Gasteiger partial charge in [0.15, 0.2) is 6.10 Å². The van der Waals surface area contributed by atoms with Crippen LogP contribution in [0.1, 0.15) is 30.6 Å². The molecule has 1 aromatic heterocycles. The van der Waals surface area contributed by atoms with Crippen LogP contribution < -0.4 is 5.63 Å². The number of hydrogen-bond acceptors (Lipinski definition) is 4. The summed E-state index contributed by atoms with van der Waals surface area (Å²) in [6.45, 7) is 1.72. The standard InChI is InChI=1S/C19H16O4/c1-2-17(20)23-18(13-8-4-3-5-9-13)15-12-14-10-6-7-11-16(14)22-19(15)21/h3-12,18H,2H2,1H3. The van der Waals surface area contributed by atoms with Crippen LogP contribution in [0.15, 0.2) is 69.9 Å². The fraction of sp³-hybridized carbons (Fsp3) is 0.158. The first kappa shape index (κ1) is 15.0. The first-order valence-electron chi connectivity index (χ1n) is 7.46. The zero-order valence-corrected chi connectivity index (χ0v) is 12.7. The number of rotatable bonds is 4. The molecule has 0 aliphatic carbocycles. The molecule has 0 saturated heterocycles. The van der Waals surface area contributed by atoms with Gasteiger partial charge in [-0.3, -0.25) is 4.79 Å². The average molecular weight is 308 g/mol. The van der Waals surface area contributed by atoms with E-state index in [4.69, 9.17) is 9.15 Å². The summed E-state index contributed by atoms with van der Waals surface area (Å²) in [4.78, 5) is 24.1. The second-order valence-electron chi connectivity index (χ2n) is 5.16. The van der Waals surface area contributed by atoms with E-state index in [0.717, 1.165) is 10.9 Å². The summed E-state index contributed by atoms with van der Waals surface area (Å²) in [5.41, 5.74) is 1.06. The van der Waals surface area contributed by atoms with Gasteiger partial charge in [-0.1, -0.05) is 55.5 Å². The van der Waals surface area contributed by atoms with Gasteiger partial charge in [-0.05, 0) is 17.7 Å². The van der Waals surface area contributed by atoms with E-state index in [9.17, 15) is 9.59 Å². The molecule has 4 nitrogen and oxygen atoms in total. The van der Waals surface area contributed by atoms with Crippen molar-refractivity contribution in [1.82, 2.24) is 0 Å². The highest BCUT2D eigenvalue weighted by Gasteiger charge is 2.22. The fourth-order valence-corrected chi connectivity index (χ4v) is 2.41. The summed E-state index contributed by atoms with van der Waals surface area (Å²) < 4.78 is 10.9. The molecule has 0 bridgehead atoms. The minimum absolute atomic E-state index is 0.238. The zero-order valence-electron chi connectivity index (χ0n) is 12.7. The third kappa shape index (κ3) is 3.16. The maximum absolute atomic E-state index is 12.4. The maximum Gasteiger partial charge on any atom is 0.343 e. The van der Waals surface area contributed by atoms with E-state index in [1.807, 2.05) is 42.5 Å². The molecular weight excluding hydrogens is 292 g/mol. The lowest BCUT2D eigenvalue weighted by molar-refractivity contribution is -0.147. The highest BCUT2D eigenvalue weighted by molar-refractivity contribution is 5.77. The van der Waals surface area contributed by atoms with Gasteiger partial charge in [-0.15, -0.1) is 0 Å². The molecule has 1 unspecified atom stereocenters. The summed E-state index contributed by atoms with van der Waals surface area (Å²) in [5, 5.41) is 0.788. The second-order valence-corrected chi connectivity index (χ2v) is 5.16. The third-order valence-corrected chi connectivity index (χ3v) is 3.59. The van der Waals surface area contributed by atoms with E-state index < -0.39 is 11.7 Å². The van der Waals surface area contributed by atoms with Gasteiger partial charge in [0, 0.05) is 11.8 Å². The van der Waals surface area contributed by atoms with Gasteiger partial charge in [0.1, 0.15) is 5.58 Å². The number of benzene rings is 2. The quantitative estimate of drug-likeness (QED) is 0.543. The molecule has 0 fully saturated rings. The van der Waals surface area contributed by atoms with E-state index in [2.05, 4.69) is 0 Å². The van der Waals surface area contributed by atoms with E-state index in [-0.39, 0.29) is 12.4 Å².